The molecule has 9 nitrogen and oxygen atoms in total. The molecule has 2 N–H and O–H groups in total. The van der Waals surface area contributed by atoms with Crippen molar-refractivity contribution >= 4 is 17.8 Å². The summed E-state index contributed by atoms with van der Waals surface area (Å²) in [5, 5.41) is 9.27. The molecule has 2 saturated heterocycles. The molecular formula is C32H35FN4O5. The fourth-order valence-corrected chi connectivity index (χ4v) is 6.41. The molecule has 0 saturated carbocycles. The zero-order valence-corrected chi connectivity index (χ0v) is 24.2. The van der Waals surface area contributed by atoms with Crippen LogP contribution in [0.1, 0.15) is 77.5 Å². The second kappa shape index (κ2) is 11.5. The van der Waals surface area contributed by atoms with Gasteiger partial charge in [-0.25, -0.2) is 9.49 Å². The number of H-pyrrole nitrogens is 1. The molecule has 1 aromatic heterocycles. The van der Waals surface area contributed by atoms with Crippen molar-refractivity contribution < 1.29 is 23.5 Å². The van der Waals surface area contributed by atoms with Gasteiger partial charge in [-0.1, -0.05) is 18.2 Å². The number of hydrogen-bond acceptors (Lipinski definition) is 6. The summed E-state index contributed by atoms with van der Waals surface area (Å²) >= 11 is 0. The maximum atomic E-state index is 14.1. The van der Waals surface area contributed by atoms with Gasteiger partial charge in [0.15, 0.2) is 0 Å². The van der Waals surface area contributed by atoms with Gasteiger partial charge in [0.1, 0.15) is 11.9 Å². The third-order valence-corrected chi connectivity index (χ3v) is 8.58. The van der Waals surface area contributed by atoms with E-state index < -0.39 is 41.2 Å². The molecule has 0 radical (unpaired) electrons. The number of carbonyl (C=O) groups excluding carboxylic acids is 3. The summed E-state index contributed by atoms with van der Waals surface area (Å²) < 4.78 is 19.6. The van der Waals surface area contributed by atoms with Crippen LogP contribution < -0.4 is 10.9 Å². The third-order valence-electron chi connectivity index (χ3n) is 8.58. The average molecular weight is 575 g/mol. The zero-order chi connectivity index (χ0) is 30.2. The number of aromatic amines is 1. The van der Waals surface area contributed by atoms with Crippen LogP contribution in [-0.2, 0) is 20.7 Å². The molecule has 1 unspecified atom stereocenters. The van der Waals surface area contributed by atoms with Crippen LogP contribution in [0.25, 0.3) is 0 Å². The number of nitrogens with one attached hydrogen (secondary N) is 2. The van der Waals surface area contributed by atoms with Crippen LogP contribution in [0.2, 0.25) is 0 Å². The molecule has 0 spiro atoms. The lowest BCUT2D eigenvalue weighted by molar-refractivity contribution is -0.167. The van der Waals surface area contributed by atoms with Crippen LogP contribution in [0.4, 0.5) is 4.39 Å². The average Bonchev–Trinajstić information content (AvgIpc) is 3.41. The Morgan fingerprint density at radius 1 is 1.12 bits per heavy atom. The van der Waals surface area contributed by atoms with Crippen LogP contribution in [-0.4, -0.2) is 51.6 Å². The van der Waals surface area contributed by atoms with Gasteiger partial charge in [-0.05, 0) is 94.0 Å². The van der Waals surface area contributed by atoms with Crippen LogP contribution in [0.15, 0.2) is 53.3 Å². The Hall–Kier alpha value is -4.34. The lowest BCUT2D eigenvalue weighted by Crippen LogP contribution is -2.63. The molecule has 3 heterocycles. The maximum Gasteiger partial charge on any atom is 0.313 e. The largest absolute Gasteiger partial charge is 0.466 e. The van der Waals surface area contributed by atoms with Crippen molar-refractivity contribution in [3.05, 3.63) is 98.2 Å². The lowest BCUT2D eigenvalue weighted by Gasteiger charge is -2.47. The Bertz CT molecular complexity index is 1600. The number of benzene rings is 2. The number of hydrogen-bond donors (Lipinski definition) is 2. The van der Waals surface area contributed by atoms with Crippen molar-refractivity contribution in [3.8, 4) is 0 Å². The number of carbonyl (C=O) groups is 3. The molecule has 3 aromatic rings. The predicted octanol–water partition coefficient (Wildman–Crippen LogP) is 3.92. The number of aryl methyl sites for hydroxylation is 2. The Morgan fingerprint density at radius 3 is 2.62 bits per heavy atom. The number of fused-ring (bicyclic) bond motifs is 1. The van der Waals surface area contributed by atoms with Gasteiger partial charge in [0.2, 0.25) is 5.91 Å². The maximum absolute atomic E-state index is 14.1. The van der Waals surface area contributed by atoms with Gasteiger partial charge in [0, 0.05) is 23.6 Å². The Morgan fingerprint density at radius 2 is 1.90 bits per heavy atom. The van der Waals surface area contributed by atoms with Gasteiger partial charge in [0.05, 0.1) is 23.8 Å². The van der Waals surface area contributed by atoms with Crippen LogP contribution in [0, 0.1) is 25.1 Å². The molecular weight excluding hydrogens is 539 g/mol. The van der Waals surface area contributed by atoms with Gasteiger partial charge in [-0.15, -0.1) is 0 Å². The summed E-state index contributed by atoms with van der Waals surface area (Å²) in [6, 6.07) is 11.2. The van der Waals surface area contributed by atoms with E-state index in [-0.39, 0.29) is 24.5 Å². The number of nitrogens with zero attached hydrogens (tertiary/aromatic N) is 2. The van der Waals surface area contributed by atoms with E-state index in [0.717, 1.165) is 11.1 Å². The topological polar surface area (TPSA) is 121 Å². The first kappa shape index (κ1) is 29.2. The van der Waals surface area contributed by atoms with Crippen molar-refractivity contribution in [2.24, 2.45) is 5.41 Å². The molecule has 2 amide bonds. The van der Waals surface area contributed by atoms with Gasteiger partial charge in [-0.3, -0.25) is 19.2 Å². The van der Waals surface area contributed by atoms with Crippen LogP contribution in [0.3, 0.4) is 0 Å². The van der Waals surface area contributed by atoms with Gasteiger partial charge in [-0.2, -0.15) is 5.10 Å². The Balaban J connectivity index is 1.41. The number of rotatable bonds is 7. The molecule has 4 atom stereocenters. The van der Waals surface area contributed by atoms with Crippen molar-refractivity contribution in [2.75, 3.05) is 6.61 Å². The molecule has 2 aliphatic heterocycles. The zero-order valence-electron chi connectivity index (χ0n) is 24.2. The highest BCUT2D eigenvalue weighted by atomic mass is 19.1. The van der Waals surface area contributed by atoms with Gasteiger partial charge >= 0.3 is 5.97 Å². The predicted molar refractivity (Wildman–Crippen MR) is 153 cm³/mol. The number of ether oxygens (including phenoxy) is 1. The van der Waals surface area contributed by atoms with Crippen LogP contribution >= 0.6 is 0 Å². The highest BCUT2D eigenvalue weighted by Gasteiger charge is 2.58. The van der Waals surface area contributed by atoms with E-state index >= 15 is 0 Å². The lowest BCUT2D eigenvalue weighted by atomic mass is 9.72. The minimum Gasteiger partial charge on any atom is -0.466 e. The number of halogens is 1. The molecule has 220 valence electrons. The minimum atomic E-state index is -1.06. The molecule has 0 aliphatic carbocycles. The standard InChI is InChI=1S/C32H35FN4O5/c1-5-42-31(41)32(4)17-25(30(40)37-26(11-12-27(32)37)21-7-6-8-24(33)16-21)34-28(38)22-10-9-20(18(2)13-22)15-23-14-19(3)35-36-29(23)39/h6-10,13-14,16,25-27H,5,11-12,15,17H2,1-4H3,(H,34,38)(H,36,39)/t25-,26+,27-,32?/m1/s1. The van der Waals surface area contributed by atoms with E-state index in [1.807, 2.05) is 6.92 Å². The van der Waals surface area contributed by atoms with E-state index in [0.29, 0.717) is 41.6 Å². The van der Waals surface area contributed by atoms with E-state index in [1.165, 1.54) is 12.1 Å². The van der Waals surface area contributed by atoms with Crippen molar-refractivity contribution in [1.29, 1.82) is 0 Å². The number of piperidine rings is 1. The number of esters is 1. The van der Waals surface area contributed by atoms with Crippen molar-refractivity contribution in [1.82, 2.24) is 20.4 Å². The van der Waals surface area contributed by atoms with E-state index in [4.69, 9.17) is 4.74 Å². The normalized spacial score (nSPS) is 23.4. The SMILES string of the molecule is CCOC(=O)C1(C)C[C@@H](NC(=O)c2ccc(Cc3cc(C)n[nH]c3=O)c(C)c2)C(=O)N2[C@H](c3cccc(F)c3)CC[C@@H]21. The first-order valence-electron chi connectivity index (χ1n) is 14.2. The second-order valence-electron chi connectivity index (χ2n) is 11.5. The molecule has 10 heteroatoms. The molecule has 42 heavy (non-hydrogen) atoms. The highest BCUT2D eigenvalue weighted by molar-refractivity contribution is 5.99. The smallest absolute Gasteiger partial charge is 0.313 e. The summed E-state index contributed by atoms with van der Waals surface area (Å²) in [5.74, 6) is -1.58. The fraction of sp³-hybridized carbons (Fsp3) is 0.406. The molecule has 2 fully saturated rings. The third kappa shape index (κ3) is 5.45. The second-order valence-corrected chi connectivity index (χ2v) is 11.5. The summed E-state index contributed by atoms with van der Waals surface area (Å²) in [5.41, 5.74) is 2.65. The quantitative estimate of drug-likeness (QED) is 0.413. The highest BCUT2D eigenvalue weighted by Crippen LogP contribution is 2.49. The number of aromatic nitrogens is 2. The molecule has 5 rings (SSSR count). The van der Waals surface area contributed by atoms with E-state index in [1.54, 1.807) is 62.1 Å². The summed E-state index contributed by atoms with van der Waals surface area (Å²) in [7, 11) is 0. The summed E-state index contributed by atoms with van der Waals surface area (Å²) in [4.78, 5) is 54.5. The monoisotopic (exact) mass is 574 g/mol. The van der Waals surface area contributed by atoms with Crippen molar-refractivity contribution in [2.45, 2.75) is 71.5 Å². The Kier molecular flexibility index (Phi) is 7.99. The fourth-order valence-electron chi connectivity index (χ4n) is 6.41. The summed E-state index contributed by atoms with van der Waals surface area (Å²) in [6.45, 7) is 7.36. The van der Waals surface area contributed by atoms with Gasteiger partial charge < -0.3 is 15.0 Å². The number of amides is 2. The molecule has 2 aromatic carbocycles. The minimum absolute atomic E-state index is 0.0919. The summed E-state index contributed by atoms with van der Waals surface area (Å²) in [6.07, 6.45) is 1.59. The van der Waals surface area contributed by atoms with Gasteiger partial charge in [0.25, 0.3) is 11.5 Å². The molecule has 2 aliphatic rings. The molecule has 0 bridgehead atoms. The first-order chi connectivity index (χ1) is 20.0. The van der Waals surface area contributed by atoms with Crippen molar-refractivity contribution in [3.63, 3.8) is 0 Å². The van der Waals surface area contributed by atoms with E-state index in [2.05, 4.69) is 15.5 Å². The first-order valence-corrected chi connectivity index (χ1v) is 14.2. The van der Waals surface area contributed by atoms with E-state index in [9.17, 15) is 23.6 Å². The Labute approximate surface area is 243 Å². The van der Waals surface area contributed by atoms with Crippen LogP contribution in [0.5, 0.6) is 0 Å².